The van der Waals surface area contributed by atoms with Crippen LogP contribution in [-0.4, -0.2) is 35.1 Å². The van der Waals surface area contributed by atoms with Crippen LogP contribution < -0.4 is 11.1 Å². The van der Waals surface area contributed by atoms with Gasteiger partial charge in [0.1, 0.15) is 6.61 Å². The van der Waals surface area contributed by atoms with E-state index in [9.17, 15) is 9.59 Å². The molecule has 0 aliphatic carbocycles. The van der Waals surface area contributed by atoms with Gasteiger partial charge in [-0.3, -0.25) is 14.6 Å². The number of pyridine rings is 1. The van der Waals surface area contributed by atoms with Crippen LogP contribution in [0.1, 0.15) is 29.8 Å². The van der Waals surface area contributed by atoms with Gasteiger partial charge < -0.3 is 16.2 Å². The molecule has 0 saturated heterocycles. The van der Waals surface area contributed by atoms with Crippen molar-refractivity contribution in [3.05, 3.63) is 29.6 Å². The molecule has 0 aromatic carbocycles. The molecular formula is C14H17N3O3. The zero-order chi connectivity index (χ0) is 15.2. The number of hydrogen-bond donors (Lipinski definition) is 3. The zero-order valence-corrected chi connectivity index (χ0v) is 11.4. The summed E-state index contributed by atoms with van der Waals surface area (Å²) in [7, 11) is 0. The smallest absolute Gasteiger partial charge is 0.252 e. The van der Waals surface area contributed by atoms with Crippen molar-refractivity contribution in [3.63, 3.8) is 0 Å². The first kappa shape index (κ1) is 15.7. The van der Waals surface area contributed by atoms with Gasteiger partial charge in [0, 0.05) is 24.5 Å². The highest BCUT2D eigenvalue weighted by Crippen LogP contribution is 2.12. The molecule has 1 rings (SSSR count). The monoisotopic (exact) mass is 275 g/mol. The maximum Gasteiger partial charge on any atom is 0.252 e. The van der Waals surface area contributed by atoms with Crippen LogP contribution in [0.25, 0.3) is 0 Å². The van der Waals surface area contributed by atoms with Gasteiger partial charge in [0.25, 0.3) is 5.91 Å². The Labute approximate surface area is 117 Å². The summed E-state index contributed by atoms with van der Waals surface area (Å²) in [5.41, 5.74) is 5.26. The van der Waals surface area contributed by atoms with Crippen LogP contribution in [0, 0.1) is 17.3 Å². The minimum absolute atomic E-state index is 0.133. The molecule has 6 heteroatoms. The quantitative estimate of drug-likeness (QED) is 0.654. The number of primary amides is 1. The van der Waals surface area contributed by atoms with Crippen molar-refractivity contribution in [3.8, 4) is 11.8 Å². The molecule has 1 aromatic heterocycles. The lowest BCUT2D eigenvalue weighted by Crippen LogP contribution is -2.42. The van der Waals surface area contributed by atoms with E-state index >= 15 is 0 Å². The maximum atomic E-state index is 11.9. The fraction of sp³-hybridized carbons (Fsp3) is 0.357. The Hall–Kier alpha value is -2.39. The van der Waals surface area contributed by atoms with Crippen LogP contribution in [0.5, 0.6) is 0 Å². The Kier molecular flexibility index (Phi) is 5.23. The van der Waals surface area contributed by atoms with E-state index in [1.165, 1.54) is 12.4 Å². The van der Waals surface area contributed by atoms with Gasteiger partial charge in [0.15, 0.2) is 0 Å². The molecule has 2 amide bonds. The van der Waals surface area contributed by atoms with Crippen LogP contribution >= 0.6 is 0 Å². The molecule has 0 saturated carbocycles. The first-order valence-electron chi connectivity index (χ1n) is 5.99. The summed E-state index contributed by atoms with van der Waals surface area (Å²) in [5, 5.41) is 11.2. The van der Waals surface area contributed by atoms with Crippen molar-refractivity contribution in [2.75, 3.05) is 13.2 Å². The van der Waals surface area contributed by atoms with E-state index in [1.807, 2.05) is 0 Å². The Morgan fingerprint density at radius 3 is 2.75 bits per heavy atom. The van der Waals surface area contributed by atoms with Crippen molar-refractivity contribution >= 4 is 11.8 Å². The zero-order valence-electron chi connectivity index (χ0n) is 11.4. The van der Waals surface area contributed by atoms with Crippen molar-refractivity contribution in [1.82, 2.24) is 10.3 Å². The highest BCUT2D eigenvalue weighted by atomic mass is 16.2. The van der Waals surface area contributed by atoms with Gasteiger partial charge in [-0.25, -0.2) is 0 Å². The molecule has 4 N–H and O–H groups in total. The van der Waals surface area contributed by atoms with E-state index in [-0.39, 0.29) is 19.1 Å². The average Bonchev–Trinajstić information content (AvgIpc) is 2.42. The lowest BCUT2D eigenvalue weighted by atomic mass is 9.92. The van der Waals surface area contributed by atoms with Gasteiger partial charge in [-0.15, -0.1) is 0 Å². The summed E-state index contributed by atoms with van der Waals surface area (Å²) < 4.78 is 0. The molecule has 1 aromatic rings. The third-order valence-corrected chi connectivity index (χ3v) is 2.67. The molecule has 20 heavy (non-hydrogen) atoms. The standard InChI is InChI=1S/C14H17N3O3/c1-14(2,13(15)20)9-17-12(19)11-6-10(4-3-5-18)7-16-8-11/h6-8,18H,5,9H2,1-2H3,(H2,15,20)(H,17,19). The largest absolute Gasteiger partial charge is 0.384 e. The fourth-order valence-corrected chi connectivity index (χ4v) is 1.26. The van der Waals surface area contributed by atoms with Gasteiger partial charge in [0.05, 0.1) is 11.0 Å². The first-order valence-corrected chi connectivity index (χ1v) is 5.99. The maximum absolute atomic E-state index is 11.9. The molecule has 0 radical (unpaired) electrons. The number of hydrogen-bond acceptors (Lipinski definition) is 4. The number of carbonyl (C=O) groups excluding carboxylic acids is 2. The van der Waals surface area contributed by atoms with Gasteiger partial charge in [0.2, 0.25) is 5.91 Å². The van der Waals surface area contributed by atoms with Crippen molar-refractivity contribution in [2.24, 2.45) is 11.1 Å². The number of amides is 2. The molecule has 106 valence electrons. The number of aliphatic hydroxyl groups excluding tert-OH is 1. The topological polar surface area (TPSA) is 105 Å². The number of nitrogens with one attached hydrogen (secondary N) is 1. The molecule has 0 fully saturated rings. The highest BCUT2D eigenvalue weighted by Gasteiger charge is 2.25. The fourth-order valence-electron chi connectivity index (χ4n) is 1.26. The van der Waals surface area contributed by atoms with Gasteiger partial charge in [-0.05, 0) is 19.9 Å². The molecule has 0 unspecified atom stereocenters. The molecule has 0 atom stereocenters. The molecule has 0 aliphatic heterocycles. The minimum Gasteiger partial charge on any atom is -0.384 e. The van der Waals surface area contributed by atoms with E-state index in [4.69, 9.17) is 10.8 Å². The predicted octanol–water partition coefficient (Wildman–Crippen LogP) is -0.333. The summed E-state index contributed by atoms with van der Waals surface area (Å²) in [4.78, 5) is 27.0. The highest BCUT2D eigenvalue weighted by molar-refractivity contribution is 5.94. The molecule has 6 nitrogen and oxygen atoms in total. The Bertz CT molecular complexity index is 571. The number of aromatic nitrogens is 1. The second-order valence-corrected chi connectivity index (χ2v) is 4.85. The Morgan fingerprint density at radius 2 is 2.15 bits per heavy atom. The van der Waals surface area contributed by atoms with Crippen LogP contribution in [0.4, 0.5) is 0 Å². The SMILES string of the molecule is CC(C)(CNC(=O)c1cncc(C#CCO)c1)C(N)=O. The number of nitrogens with two attached hydrogens (primary N) is 1. The number of carbonyl (C=O) groups is 2. The first-order chi connectivity index (χ1) is 9.36. The van der Waals surface area contributed by atoms with E-state index in [1.54, 1.807) is 19.9 Å². The van der Waals surface area contributed by atoms with E-state index in [0.717, 1.165) is 0 Å². The summed E-state index contributed by atoms with van der Waals surface area (Å²) >= 11 is 0. The number of nitrogens with zero attached hydrogens (tertiary/aromatic N) is 1. The Balaban J connectivity index is 2.76. The molecule has 0 spiro atoms. The molecule has 0 aliphatic rings. The summed E-state index contributed by atoms with van der Waals surface area (Å²) in [6, 6.07) is 1.56. The Morgan fingerprint density at radius 1 is 1.45 bits per heavy atom. The van der Waals surface area contributed by atoms with E-state index < -0.39 is 11.3 Å². The second kappa shape index (κ2) is 6.68. The second-order valence-electron chi connectivity index (χ2n) is 4.85. The van der Waals surface area contributed by atoms with Crippen molar-refractivity contribution in [2.45, 2.75) is 13.8 Å². The van der Waals surface area contributed by atoms with Gasteiger partial charge in [-0.1, -0.05) is 11.8 Å². The third kappa shape index (κ3) is 4.37. The minimum atomic E-state index is -0.822. The lowest BCUT2D eigenvalue weighted by Gasteiger charge is -2.20. The van der Waals surface area contributed by atoms with Crippen molar-refractivity contribution < 1.29 is 14.7 Å². The molecule has 1 heterocycles. The van der Waals surface area contributed by atoms with E-state index in [2.05, 4.69) is 22.1 Å². The van der Waals surface area contributed by atoms with Gasteiger partial charge in [-0.2, -0.15) is 0 Å². The van der Waals surface area contributed by atoms with Gasteiger partial charge >= 0.3 is 0 Å². The van der Waals surface area contributed by atoms with Crippen LogP contribution in [-0.2, 0) is 4.79 Å². The van der Waals surface area contributed by atoms with Crippen LogP contribution in [0.2, 0.25) is 0 Å². The third-order valence-electron chi connectivity index (χ3n) is 2.67. The van der Waals surface area contributed by atoms with Crippen LogP contribution in [0.15, 0.2) is 18.5 Å². The lowest BCUT2D eigenvalue weighted by molar-refractivity contribution is -0.125. The predicted molar refractivity (Wildman–Crippen MR) is 73.5 cm³/mol. The average molecular weight is 275 g/mol. The molecule has 0 bridgehead atoms. The number of aliphatic hydroxyl groups is 1. The molecular weight excluding hydrogens is 258 g/mol. The van der Waals surface area contributed by atoms with Crippen LogP contribution in [0.3, 0.4) is 0 Å². The number of rotatable bonds is 4. The summed E-state index contributed by atoms with van der Waals surface area (Å²) in [5.74, 6) is 4.29. The summed E-state index contributed by atoms with van der Waals surface area (Å²) in [6.07, 6.45) is 2.89. The van der Waals surface area contributed by atoms with Crippen molar-refractivity contribution in [1.29, 1.82) is 0 Å². The van der Waals surface area contributed by atoms with E-state index in [0.29, 0.717) is 11.1 Å². The normalized spacial score (nSPS) is 10.3. The summed E-state index contributed by atoms with van der Waals surface area (Å²) in [6.45, 7) is 3.17.